The molecule has 0 bridgehead atoms. The summed E-state index contributed by atoms with van der Waals surface area (Å²) in [4.78, 5) is 0. The Labute approximate surface area is 140 Å². The van der Waals surface area contributed by atoms with Crippen LogP contribution in [0.5, 0.6) is 23.0 Å². The molecule has 0 atom stereocenters. The van der Waals surface area contributed by atoms with Gasteiger partial charge in [-0.1, -0.05) is 36.4 Å². The first-order chi connectivity index (χ1) is 11.8. The number of hydrogen-bond donors (Lipinski definition) is 1. The van der Waals surface area contributed by atoms with E-state index < -0.39 is 6.29 Å². The second-order valence-corrected chi connectivity index (χ2v) is 5.13. The summed E-state index contributed by atoms with van der Waals surface area (Å²) in [5, 5.41) is 9.79. The van der Waals surface area contributed by atoms with E-state index in [1.54, 1.807) is 18.2 Å². The van der Waals surface area contributed by atoms with Crippen LogP contribution in [0.25, 0.3) is 0 Å². The van der Waals surface area contributed by atoms with Crippen molar-refractivity contribution in [3.63, 3.8) is 0 Å². The molecule has 0 unspecified atom stereocenters. The molecule has 3 rings (SSSR count). The van der Waals surface area contributed by atoms with Gasteiger partial charge in [-0.25, -0.2) is 0 Å². The highest BCUT2D eigenvalue weighted by atomic mass is 16.7. The maximum Gasteiger partial charge on any atom is 0.267 e. The highest BCUT2D eigenvalue weighted by molar-refractivity contribution is 5.42. The highest BCUT2D eigenvalue weighted by Gasteiger charge is 2.17. The molecular formula is C20H18O4. The Balaban J connectivity index is 1.91. The first kappa shape index (κ1) is 15.7. The van der Waals surface area contributed by atoms with E-state index in [0.29, 0.717) is 17.2 Å². The lowest BCUT2D eigenvalue weighted by molar-refractivity contribution is 0.00364. The fraction of sp³-hybridized carbons (Fsp3) is 0.100. The number of methoxy groups -OCH3 is 1. The number of aromatic hydroxyl groups is 1. The van der Waals surface area contributed by atoms with Crippen molar-refractivity contribution in [1.29, 1.82) is 0 Å². The van der Waals surface area contributed by atoms with Crippen molar-refractivity contribution in [2.24, 2.45) is 0 Å². The SMILES string of the molecule is COc1cc(C(Oc2ccccc2)Oc2ccccc2)ccc1O. The zero-order chi connectivity index (χ0) is 16.8. The summed E-state index contributed by atoms with van der Waals surface area (Å²) >= 11 is 0. The molecule has 0 saturated carbocycles. The lowest BCUT2D eigenvalue weighted by atomic mass is 10.2. The number of phenolic OH excluding ortho intramolecular Hbond substituents is 1. The van der Waals surface area contributed by atoms with Crippen LogP contribution in [0.4, 0.5) is 0 Å². The third kappa shape index (κ3) is 3.79. The summed E-state index contributed by atoms with van der Waals surface area (Å²) in [6.45, 7) is 0. The summed E-state index contributed by atoms with van der Waals surface area (Å²) in [5.74, 6) is 1.81. The molecule has 0 amide bonds. The molecule has 3 aromatic rings. The summed E-state index contributed by atoms with van der Waals surface area (Å²) in [6, 6.07) is 23.9. The van der Waals surface area contributed by atoms with E-state index in [-0.39, 0.29) is 5.75 Å². The topological polar surface area (TPSA) is 47.9 Å². The molecule has 0 heterocycles. The van der Waals surface area contributed by atoms with Crippen LogP contribution in [-0.4, -0.2) is 12.2 Å². The summed E-state index contributed by atoms with van der Waals surface area (Å²) in [7, 11) is 1.50. The van der Waals surface area contributed by atoms with Crippen molar-refractivity contribution in [2.75, 3.05) is 7.11 Å². The highest BCUT2D eigenvalue weighted by Crippen LogP contribution is 2.32. The normalized spacial score (nSPS) is 10.4. The molecule has 0 aromatic heterocycles. The largest absolute Gasteiger partial charge is 0.504 e. The van der Waals surface area contributed by atoms with Gasteiger partial charge in [-0.15, -0.1) is 0 Å². The van der Waals surface area contributed by atoms with Gasteiger partial charge in [-0.3, -0.25) is 0 Å². The van der Waals surface area contributed by atoms with Crippen molar-refractivity contribution in [3.8, 4) is 23.0 Å². The molecule has 0 fully saturated rings. The Kier molecular flexibility index (Phi) is 4.87. The van der Waals surface area contributed by atoms with Gasteiger partial charge in [0, 0.05) is 5.56 Å². The van der Waals surface area contributed by atoms with Gasteiger partial charge in [0.05, 0.1) is 7.11 Å². The van der Waals surface area contributed by atoms with Crippen molar-refractivity contribution in [2.45, 2.75) is 6.29 Å². The van der Waals surface area contributed by atoms with Gasteiger partial charge in [-0.05, 0) is 42.5 Å². The minimum absolute atomic E-state index is 0.0689. The maximum absolute atomic E-state index is 9.79. The molecule has 1 N–H and O–H groups in total. The van der Waals surface area contributed by atoms with Gasteiger partial charge >= 0.3 is 0 Å². The van der Waals surface area contributed by atoms with Crippen LogP contribution in [-0.2, 0) is 0 Å². The van der Waals surface area contributed by atoms with Gasteiger partial charge in [-0.2, -0.15) is 0 Å². The zero-order valence-electron chi connectivity index (χ0n) is 13.3. The molecule has 24 heavy (non-hydrogen) atoms. The van der Waals surface area contributed by atoms with Crippen LogP contribution in [0.3, 0.4) is 0 Å². The Morgan fingerprint density at radius 2 is 1.29 bits per heavy atom. The van der Waals surface area contributed by atoms with Gasteiger partial charge in [0.2, 0.25) is 0 Å². The molecule has 0 aliphatic carbocycles. The van der Waals surface area contributed by atoms with Gasteiger partial charge < -0.3 is 19.3 Å². The lowest BCUT2D eigenvalue weighted by Crippen LogP contribution is -2.15. The standard InChI is InChI=1S/C20H18O4/c1-22-19-14-15(12-13-18(19)21)20(23-16-8-4-2-5-9-16)24-17-10-6-3-7-11-17/h2-14,20-21H,1H3. The van der Waals surface area contributed by atoms with Crippen molar-refractivity contribution >= 4 is 0 Å². The van der Waals surface area contributed by atoms with E-state index in [9.17, 15) is 5.11 Å². The third-order valence-electron chi connectivity index (χ3n) is 3.45. The van der Waals surface area contributed by atoms with E-state index in [1.165, 1.54) is 7.11 Å². The van der Waals surface area contributed by atoms with Crippen LogP contribution in [0.2, 0.25) is 0 Å². The Bertz CT molecular complexity index is 731. The molecular weight excluding hydrogens is 304 g/mol. The minimum atomic E-state index is -0.677. The van der Waals surface area contributed by atoms with E-state index in [2.05, 4.69) is 0 Å². The van der Waals surface area contributed by atoms with Crippen molar-refractivity contribution < 1.29 is 19.3 Å². The van der Waals surface area contributed by atoms with E-state index in [1.807, 2.05) is 60.7 Å². The van der Waals surface area contributed by atoms with E-state index in [0.717, 1.165) is 5.56 Å². The summed E-state index contributed by atoms with van der Waals surface area (Å²) in [5.41, 5.74) is 0.734. The summed E-state index contributed by atoms with van der Waals surface area (Å²) in [6.07, 6.45) is -0.677. The van der Waals surface area contributed by atoms with Gasteiger partial charge in [0.1, 0.15) is 11.5 Å². The molecule has 0 saturated heterocycles. The lowest BCUT2D eigenvalue weighted by Gasteiger charge is -2.21. The number of phenols is 1. The predicted octanol–water partition coefficient (Wildman–Crippen LogP) is 4.56. The average Bonchev–Trinajstić information content (AvgIpc) is 2.63. The average molecular weight is 322 g/mol. The molecule has 0 aliphatic heterocycles. The van der Waals surface area contributed by atoms with E-state index >= 15 is 0 Å². The second-order valence-electron chi connectivity index (χ2n) is 5.13. The van der Waals surface area contributed by atoms with Crippen LogP contribution in [0, 0.1) is 0 Å². The molecule has 4 heteroatoms. The number of para-hydroxylation sites is 2. The molecule has 122 valence electrons. The number of hydrogen-bond acceptors (Lipinski definition) is 4. The monoisotopic (exact) mass is 322 g/mol. The molecule has 0 radical (unpaired) electrons. The van der Waals surface area contributed by atoms with Crippen LogP contribution >= 0.6 is 0 Å². The fourth-order valence-corrected chi connectivity index (χ4v) is 2.25. The Morgan fingerprint density at radius 3 is 1.79 bits per heavy atom. The first-order valence-electron chi connectivity index (χ1n) is 7.56. The smallest absolute Gasteiger partial charge is 0.267 e. The summed E-state index contributed by atoms with van der Waals surface area (Å²) < 4.78 is 17.1. The fourth-order valence-electron chi connectivity index (χ4n) is 2.25. The van der Waals surface area contributed by atoms with Crippen LogP contribution in [0.1, 0.15) is 11.9 Å². The minimum Gasteiger partial charge on any atom is -0.504 e. The Hall–Kier alpha value is -3.14. The van der Waals surface area contributed by atoms with Crippen LogP contribution < -0.4 is 14.2 Å². The first-order valence-corrected chi connectivity index (χ1v) is 7.56. The van der Waals surface area contributed by atoms with E-state index in [4.69, 9.17) is 14.2 Å². The number of benzene rings is 3. The van der Waals surface area contributed by atoms with Gasteiger partial charge in [0.25, 0.3) is 6.29 Å². The predicted molar refractivity (Wildman–Crippen MR) is 91.5 cm³/mol. The zero-order valence-corrected chi connectivity index (χ0v) is 13.3. The maximum atomic E-state index is 9.79. The number of ether oxygens (including phenoxy) is 3. The second kappa shape index (κ2) is 7.42. The molecule has 4 nitrogen and oxygen atoms in total. The quantitative estimate of drug-likeness (QED) is 0.676. The van der Waals surface area contributed by atoms with Gasteiger partial charge in [0.15, 0.2) is 11.5 Å². The Morgan fingerprint density at radius 1 is 0.750 bits per heavy atom. The molecule has 3 aromatic carbocycles. The third-order valence-corrected chi connectivity index (χ3v) is 3.45. The molecule has 0 aliphatic rings. The molecule has 0 spiro atoms. The van der Waals surface area contributed by atoms with Crippen molar-refractivity contribution in [1.82, 2.24) is 0 Å². The van der Waals surface area contributed by atoms with Crippen molar-refractivity contribution in [3.05, 3.63) is 84.4 Å². The number of rotatable bonds is 6. The van der Waals surface area contributed by atoms with Crippen LogP contribution in [0.15, 0.2) is 78.9 Å².